The molecular formula is C38H41N3O3S4. The highest BCUT2D eigenvalue weighted by atomic mass is 32.2. The molecule has 0 saturated carbocycles. The SMILES string of the molecule is CCCCCCN1C(=O)C2=C(c3ccc(-c4ccc(/C=C5/SC(=S)N(CC)C5=O)cc4)s3)N(CCCCCC)C(=O)C2=C1c1cccs1. The highest BCUT2D eigenvalue weighted by Crippen LogP contribution is 2.49. The number of carbonyl (C=O) groups excluding carboxylic acids is 3. The average Bonchev–Trinajstić information content (AvgIpc) is 3.91. The van der Waals surface area contributed by atoms with E-state index in [1.165, 1.54) is 11.8 Å². The first-order chi connectivity index (χ1) is 23.4. The maximum absolute atomic E-state index is 14.4. The number of hydrogen-bond acceptors (Lipinski definition) is 7. The molecule has 6 rings (SSSR count). The third kappa shape index (κ3) is 6.77. The van der Waals surface area contributed by atoms with E-state index in [4.69, 9.17) is 12.2 Å². The molecule has 10 heteroatoms. The van der Waals surface area contributed by atoms with Crippen LogP contribution in [0, 0.1) is 0 Å². The van der Waals surface area contributed by atoms with E-state index < -0.39 is 0 Å². The first-order valence-corrected chi connectivity index (χ1v) is 19.9. The van der Waals surface area contributed by atoms with Gasteiger partial charge in [0, 0.05) is 24.5 Å². The molecule has 48 heavy (non-hydrogen) atoms. The molecule has 0 bridgehead atoms. The minimum Gasteiger partial charge on any atom is -0.306 e. The van der Waals surface area contributed by atoms with Gasteiger partial charge in [-0.2, -0.15) is 0 Å². The fourth-order valence-corrected chi connectivity index (χ4v) is 9.67. The maximum atomic E-state index is 14.4. The summed E-state index contributed by atoms with van der Waals surface area (Å²) >= 11 is 9.90. The quantitative estimate of drug-likeness (QED) is 0.0891. The average molecular weight is 716 g/mol. The van der Waals surface area contributed by atoms with Gasteiger partial charge in [0.25, 0.3) is 17.7 Å². The summed E-state index contributed by atoms with van der Waals surface area (Å²) in [4.78, 5) is 50.4. The Morgan fingerprint density at radius 3 is 1.81 bits per heavy atom. The molecule has 1 saturated heterocycles. The molecule has 0 spiro atoms. The number of unbranched alkanes of at least 4 members (excludes halogenated alkanes) is 6. The molecule has 1 fully saturated rings. The second-order valence-corrected chi connectivity index (χ2v) is 15.9. The Morgan fingerprint density at radius 1 is 0.667 bits per heavy atom. The number of thiocarbonyl (C=S) groups is 1. The molecule has 2 aromatic heterocycles. The second kappa shape index (κ2) is 15.5. The summed E-state index contributed by atoms with van der Waals surface area (Å²) in [6, 6.07) is 16.3. The van der Waals surface area contributed by atoms with E-state index >= 15 is 0 Å². The summed E-state index contributed by atoms with van der Waals surface area (Å²) in [5.41, 5.74) is 4.64. The third-order valence-electron chi connectivity index (χ3n) is 8.93. The normalized spacial score (nSPS) is 17.4. The molecule has 3 aromatic rings. The Bertz CT molecular complexity index is 1800. The van der Waals surface area contributed by atoms with Crippen molar-refractivity contribution in [2.45, 2.75) is 72.1 Å². The molecule has 3 aliphatic rings. The molecule has 250 valence electrons. The summed E-state index contributed by atoms with van der Waals surface area (Å²) < 4.78 is 0.595. The molecule has 0 unspecified atom stereocenters. The van der Waals surface area contributed by atoms with Crippen molar-refractivity contribution in [3.05, 3.63) is 85.3 Å². The van der Waals surface area contributed by atoms with Gasteiger partial charge in [-0.1, -0.05) is 107 Å². The van der Waals surface area contributed by atoms with Crippen LogP contribution in [0.5, 0.6) is 0 Å². The summed E-state index contributed by atoms with van der Waals surface area (Å²) in [7, 11) is 0. The first-order valence-electron chi connectivity index (χ1n) is 17.0. The number of thiophene rings is 2. The Labute approximate surface area is 301 Å². The van der Waals surface area contributed by atoms with Gasteiger partial charge in [-0.3, -0.25) is 19.3 Å². The predicted octanol–water partition coefficient (Wildman–Crippen LogP) is 9.67. The van der Waals surface area contributed by atoms with Crippen LogP contribution in [-0.4, -0.2) is 56.4 Å². The van der Waals surface area contributed by atoms with Crippen LogP contribution in [-0.2, 0) is 14.4 Å². The fourth-order valence-electron chi connectivity index (χ4n) is 6.43. The summed E-state index contributed by atoms with van der Waals surface area (Å²) in [6.45, 7) is 8.06. The maximum Gasteiger partial charge on any atom is 0.266 e. The molecule has 1 aromatic carbocycles. The Kier molecular flexibility index (Phi) is 11.2. The van der Waals surface area contributed by atoms with Crippen LogP contribution < -0.4 is 0 Å². The van der Waals surface area contributed by atoms with Crippen LogP contribution in [0.2, 0.25) is 0 Å². The molecule has 0 N–H and O–H groups in total. The van der Waals surface area contributed by atoms with Crippen molar-refractivity contribution in [2.75, 3.05) is 19.6 Å². The Hall–Kier alpha value is -3.31. The van der Waals surface area contributed by atoms with Gasteiger partial charge in [-0.05, 0) is 60.5 Å². The van der Waals surface area contributed by atoms with Gasteiger partial charge in [-0.15, -0.1) is 22.7 Å². The van der Waals surface area contributed by atoms with Crippen molar-refractivity contribution in [1.82, 2.24) is 14.7 Å². The van der Waals surface area contributed by atoms with Crippen molar-refractivity contribution in [3.63, 3.8) is 0 Å². The van der Waals surface area contributed by atoms with Crippen LogP contribution in [0.25, 0.3) is 27.9 Å². The van der Waals surface area contributed by atoms with Gasteiger partial charge in [0.05, 0.1) is 37.2 Å². The third-order valence-corrected chi connectivity index (χ3v) is 12.3. The van der Waals surface area contributed by atoms with Crippen LogP contribution in [0.3, 0.4) is 0 Å². The van der Waals surface area contributed by atoms with Crippen molar-refractivity contribution in [3.8, 4) is 10.4 Å². The minimum absolute atomic E-state index is 0.0454. The minimum atomic E-state index is -0.0582. The number of benzene rings is 1. The van der Waals surface area contributed by atoms with Crippen LogP contribution in [0.1, 0.15) is 87.5 Å². The molecule has 3 amide bonds. The number of thioether (sulfide) groups is 1. The largest absolute Gasteiger partial charge is 0.306 e. The monoisotopic (exact) mass is 715 g/mol. The van der Waals surface area contributed by atoms with Crippen molar-refractivity contribution in [2.24, 2.45) is 0 Å². The number of nitrogens with zero attached hydrogens (tertiary/aromatic N) is 3. The van der Waals surface area contributed by atoms with Gasteiger partial charge in [0.2, 0.25) is 0 Å². The topological polar surface area (TPSA) is 60.9 Å². The van der Waals surface area contributed by atoms with Crippen LogP contribution in [0.15, 0.2) is 70.0 Å². The van der Waals surface area contributed by atoms with Crippen molar-refractivity contribution >= 4 is 86.2 Å². The smallest absolute Gasteiger partial charge is 0.266 e. The summed E-state index contributed by atoms with van der Waals surface area (Å²) in [5.74, 6) is -0.162. The van der Waals surface area contributed by atoms with E-state index in [9.17, 15) is 14.4 Å². The Balaban J connectivity index is 1.35. The summed E-state index contributed by atoms with van der Waals surface area (Å²) in [5, 5.41) is 2.01. The zero-order valence-corrected chi connectivity index (χ0v) is 31.0. The Morgan fingerprint density at radius 2 is 1.27 bits per heavy atom. The number of amides is 3. The lowest BCUT2D eigenvalue weighted by molar-refractivity contribution is -0.124. The lowest BCUT2D eigenvalue weighted by Crippen LogP contribution is -2.30. The number of carbonyl (C=O) groups is 3. The highest BCUT2D eigenvalue weighted by molar-refractivity contribution is 8.26. The number of hydrogen-bond donors (Lipinski definition) is 0. The number of rotatable bonds is 15. The highest BCUT2D eigenvalue weighted by Gasteiger charge is 2.49. The number of likely N-dealkylation sites (N-methyl/N-ethyl adjacent to an activating group) is 1. The van der Waals surface area contributed by atoms with E-state index in [0.29, 0.717) is 40.0 Å². The van der Waals surface area contributed by atoms with E-state index in [-0.39, 0.29) is 17.7 Å². The van der Waals surface area contributed by atoms with Crippen molar-refractivity contribution in [1.29, 1.82) is 0 Å². The zero-order chi connectivity index (χ0) is 33.8. The van der Waals surface area contributed by atoms with Gasteiger partial charge in [0.15, 0.2) is 0 Å². The first kappa shape index (κ1) is 34.5. The van der Waals surface area contributed by atoms with Crippen LogP contribution in [0.4, 0.5) is 0 Å². The standard InChI is InChI=1S/C38H41N3O3S4/c1-4-7-9-11-21-40-33(28-14-13-23-46-28)31-32(37(40)44)34(41(36(31)43)22-12-10-8-5-2)29-20-19-27(47-29)26-17-15-25(16-18-26)24-30-35(42)39(6-3)38(45)48-30/h13-20,23-24H,4-12,21-22H2,1-3H3/b30-24+. The van der Waals surface area contributed by atoms with E-state index in [2.05, 4.69) is 38.1 Å². The van der Waals surface area contributed by atoms with Gasteiger partial charge in [0.1, 0.15) is 4.32 Å². The van der Waals surface area contributed by atoms with E-state index in [1.54, 1.807) is 27.6 Å². The van der Waals surface area contributed by atoms with Gasteiger partial charge in [-0.25, -0.2) is 0 Å². The zero-order valence-electron chi connectivity index (χ0n) is 27.8. The molecule has 0 aliphatic carbocycles. The second-order valence-electron chi connectivity index (χ2n) is 12.2. The van der Waals surface area contributed by atoms with E-state index in [0.717, 1.165) is 88.5 Å². The summed E-state index contributed by atoms with van der Waals surface area (Å²) in [6.07, 6.45) is 10.3. The molecule has 0 radical (unpaired) electrons. The lowest BCUT2D eigenvalue weighted by Gasteiger charge is -2.24. The van der Waals surface area contributed by atoms with E-state index in [1.807, 2.05) is 52.4 Å². The molecule has 5 heterocycles. The fraction of sp³-hybridized carbons (Fsp3) is 0.368. The van der Waals surface area contributed by atoms with Crippen molar-refractivity contribution < 1.29 is 14.4 Å². The molecular weight excluding hydrogens is 675 g/mol. The van der Waals surface area contributed by atoms with Gasteiger partial charge >= 0.3 is 0 Å². The lowest BCUT2D eigenvalue weighted by atomic mass is 10.1. The predicted molar refractivity (Wildman–Crippen MR) is 205 cm³/mol. The number of fused-ring (bicyclic) bond motifs is 1. The molecule has 3 aliphatic heterocycles. The van der Waals surface area contributed by atoms with Gasteiger partial charge < -0.3 is 9.80 Å². The van der Waals surface area contributed by atoms with Crippen LogP contribution >= 0.6 is 46.7 Å². The molecule has 6 nitrogen and oxygen atoms in total. The molecule has 0 atom stereocenters.